The molecule has 0 aliphatic carbocycles. The number of carbonyl (C=O) groups is 1. The average molecular weight is 383 g/mol. The van der Waals surface area contributed by atoms with E-state index in [-0.39, 0.29) is 29.5 Å². The Bertz CT molecular complexity index is 693. The van der Waals surface area contributed by atoms with E-state index < -0.39 is 10.0 Å². The van der Waals surface area contributed by atoms with Gasteiger partial charge in [-0.15, -0.1) is 0 Å². The van der Waals surface area contributed by atoms with Gasteiger partial charge in [-0.3, -0.25) is 4.79 Å². The monoisotopic (exact) mass is 382 g/mol. The van der Waals surface area contributed by atoms with Gasteiger partial charge < -0.3 is 10.1 Å². The molecule has 1 heterocycles. The second-order valence-electron chi connectivity index (χ2n) is 7.08. The highest BCUT2D eigenvalue weighted by Crippen LogP contribution is 2.26. The van der Waals surface area contributed by atoms with Gasteiger partial charge in [-0.25, -0.2) is 12.7 Å². The van der Waals surface area contributed by atoms with E-state index in [0.717, 1.165) is 11.3 Å². The standard InChI is InChI=1S/C19H30N2O4S/c1-5-26(23,24)21-12-10-16(11-13-21)19(22)20-18(14(2)3)15-6-8-17(25-4)9-7-15/h6-9,14,16,18H,5,10-13H2,1-4H3,(H,20,22). The van der Waals surface area contributed by atoms with E-state index in [1.54, 1.807) is 14.0 Å². The second kappa shape index (κ2) is 8.86. The normalized spacial score (nSPS) is 17.9. The number of hydrogen-bond acceptors (Lipinski definition) is 4. The van der Waals surface area contributed by atoms with Crippen molar-refractivity contribution >= 4 is 15.9 Å². The molecule has 0 saturated carbocycles. The van der Waals surface area contributed by atoms with E-state index in [0.29, 0.717) is 25.9 Å². The summed E-state index contributed by atoms with van der Waals surface area (Å²) in [5, 5.41) is 3.16. The number of methoxy groups -OCH3 is 1. The van der Waals surface area contributed by atoms with Crippen molar-refractivity contribution in [3.8, 4) is 5.75 Å². The molecular formula is C19H30N2O4S. The largest absolute Gasteiger partial charge is 0.497 e. The number of sulfonamides is 1. The van der Waals surface area contributed by atoms with Crippen molar-refractivity contribution < 1.29 is 17.9 Å². The third kappa shape index (κ3) is 4.98. The van der Waals surface area contributed by atoms with Gasteiger partial charge in [-0.05, 0) is 43.4 Å². The molecule has 1 unspecified atom stereocenters. The number of piperidine rings is 1. The van der Waals surface area contributed by atoms with E-state index in [1.807, 2.05) is 24.3 Å². The van der Waals surface area contributed by atoms with Crippen molar-refractivity contribution in [2.75, 3.05) is 26.0 Å². The maximum atomic E-state index is 12.7. The zero-order valence-electron chi connectivity index (χ0n) is 16.1. The van der Waals surface area contributed by atoms with Gasteiger partial charge in [0, 0.05) is 19.0 Å². The van der Waals surface area contributed by atoms with E-state index >= 15 is 0 Å². The van der Waals surface area contributed by atoms with Gasteiger partial charge in [-0.2, -0.15) is 0 Å². The number of carbonyl (C=O) groups excluding carboxylic acids is 1. The minimum Gasteiger partial charge on any atom is -0.497 e. The van der Waals surface area contributed by atoms with Crippen LogP contribution in [0.2, 0.25) is 0 Å². The predicted molar refractivity (Wildman–Crippen MR) is 102 cm³/mol. The third-order valence-electron chi connectivity index (χ3n) is 5.02. The number of amides is 1. The van der Waals surface area contributed by atoms with Crippen LogP contribution in [-0.4, -0.2) is 44.6 Å². The molecule has 146 valence electrons. The number of nitrogens with zero attached hydrogens (tertiary/aromatic N) is 1. The van der Waals surface area contributed by atoms with Crippen LogP contribution < -0.4 is 10.1 Å². The first-order valence-corrected chi connectivity index (χ1v) is 10.8. The summed E-state index contributed by atoms with van der Waals surface area (Å²) >= 11 is 0. The summed E-state index contributed by atoms with van der Waals surface area (Å²) in [5.41, 5.74) is 1.04. The van der Waals surface area contributed by atoms with Crippen LogP contribution in [0.25, 0.3) is 0 Å². The van der Waals surface area contributed by atoms with Crippen LogP contribution in [0, 0.1) is 11.8 Å². The van der Waals surface area contributed by atoms with Crippen LogP contribution >= 0.6 is 0 Å². The highest BCUT2D eigenvalue weighted by molar-refractivity contribution is 7.89. The summed E-state index contributed by atoms with van der Waals surface area (Å²) in [6, 6.07) is 7.65. The fourth-order valence-electron chi connectivity index (χ4n) is 3.30. The molecule has 0 aromatic heterocycles. The summed E-state index contributed by atoms with van der Waals surface area (Å²) in [6.07, 6.45) is 1.14. The van der Waals surface area contributed by atoms with Crippen LogP contribution in [0.15, 0.2) is 24.3 Å². The van der Waals surface area contributed by atoms with Gasteiger partial charge in [0.1, 0.15) is 5.75 Å². The Labute approximate surface area is 157 Å². The van der Waals surface area contributed by atoms with Crippen molar-refractivity contribution in [1.29, 1.82) is 0 Å². The molecule has 0 spiro atoms. The molecule has 6 nitrogen and oxygen atoms in total. The number of nitrogens with one attached hydrogen (secondary N) is 1. The maximum Gasteiger partial charge on any atom is 0.223 e. The molecule has 2 rings (SSSR count). The van der Waals surface area contributed by atoms with Crippen LogP contribution in [0.3, 0.4) is 0 Å². The molecule has 1 amide bonds. The zero-order chi connectivity index (χ0) is 19.3. The van der Waals surface area contributed by atoms with Crippen molar-refractivity contribution in [2.24, 2.45) is 11.8 Å². The van der Waals surface area contributed by atoms with E-state index in [2.05, 4.69) is 19.2 Å². The van der Waals surface area contributed by atoms with Crippen LogP contribution in [0.1, 0.15) is 45.2 Å². The van der Waals surface area contributed by atoms with Gasteiger partial charge in [-0.1, -0.05) is 26.0 Å². The molecule has 0 radical (unpaired) electrons. The number of ether oxygens (including phenoxy) is 1. The molecular weight excluding hydrogens is 352 g/mol. The van der Waals surface area contributed by atoms with Gasteiger partial charge in [0.05, 0.1) is 18.9 Å². The lowest BCUT2D eigenvalue weighted by molar-refractivity contribution is -0.127. The quantitative estimate of drug-likeness (QED) is 0.786. The summed E-state index contributed by atoms with van der Waals surface area (Å²) in [4.78, 5) is 12.7. The summed E-state index contributed by atoms with van der Waals surface area (Å²) in [7, 11) is -1.54. The van der Waals surface area contributed by atoms with E-state index in [4.69, 9.17) is 4.74 Å². The minimum atomic E-state index is -3.17. The Kier molecular flexibility index (Phi) is 7.06. The average Bonchev–Trinajstić information content (AvgIpc) is 2.66. The smallest absolute Gasteiger partial charge is 0.223 e. The molecule has 1 atom stereocenters. The summed E-state index contributed by atoms with van der Waals surface area (Å²) < 4.78 is 30.6. The molecule has 0 bridgehead atoms. The highest BCUT2D eigenvalue weighted by Gasteiger charge is 2.31. The molecule has 1 saturated heterocycles. The fraction of sp³-hybridized carbons (Fsp3) is 0.632. The summed E-state index contributed by atoms with van der Waals surface area (Å²) in [5.74, 6) is 1.00. The molecule has 1 aromatic carbocycles. The minimum absolute atomic E-state index is 0.00747. The lowest BCUT2D eigenvalue weighted by Crippen LogP contribution is -2.44. The molecule has 1 aliphatic rings. The van der Waals surface area contributed by atoms with Gasteiger partial charge in [0.2, 0.25) is 15.9 Å². The molecule has 1 N–H and O–H groups in total. The van der Waals surface area contributed by atoms with E-state index in [1.165, 1.54) is 4.31 Å². The maximum absolute atomic E-state index is 12.7. The summed E-state index contributed by atoms with van der Waals surface area (Å²) in [6.45, 7) is 6.64. The molecule has 1 fully saturated rings. The predicted octanol–water partition coefficient (Wildman–Crippen LogP) is 2.57. The topological polar surface area (TPSA) is 75.7 Å². The first kappa shape index (κ1) is 20.7. The van der Waals surface area contributed by atoms with Crippen molar-refractivity contribution in [3.05, 3.63) is 29.8 Å². The van der Waals surface area contributed by atoms with Crippen LogP contribution in [-0.2, 0) is 14.8 Å². The number of benzene rings is 1. The lowest BCUT2D eigenvalue weighted by atomic mass is 9.92. The van der Waals surface area contributed by atoms with E-state index in [9.17, 15) is 13.2 Å². The van der Waals surface area contributed by atoms with Crippen molar-refractivity contribution in [2.45, 2.75) is 39.7 Å². The number of hydrogen-bond donors (Lipinski definition) is 1. The zero-order valence-corrected chi connectivity index (χ0v) is 16.9. The molecule has 1 aromatic rings. The van der Waals surface area contributed by atoms with Gasteiger partial charge in [0.15, 0.2) is 0 Å². The van der Waals surface area contributed by atoms with Gasteiger partial charge in [0.25, 0.3) is 0 Å². The Balaban J connectivity index is 2.00. The van der Waals surface area contributed by atoms with Gasteiger partial charge >= 0.3 is 0 Å². The highest BCUT2D eigenvalue weighted by atomic mass is 32.2. The van der Waals surface area contributed by atoms with Crippen LogP contribution in [0.5, 0.6) is 5.75 Å². The Morgan fingerprint density at radius 1 is 1.23 bits per heavy atom. The first-order chi connectivity index (χ1) is 12.3. The lowest BCUT2D eigenvalue weighted by Gasteiger charge is -2.32. The SMILES string of the molecule is CCS(=O)(=O)N1CCC(C(=O)NC(c2ccc(OC)cc2)C(C)C)CC1. The van der Waals surface area contributed by atoms with Crippen molar-refractivity contribution in [3.63, 3.8) is 0 Å². The molecule has 26 heavy (non-hydrogen) atoms. The number of rotatable bonds is 7. The molecule has 7 heteroatoms. The Morgan fingerprint density at radius 2 is 1.81 bits per heavy atom. The fourth-order valence-corrected chi connectivity index (χ4v) is 4.43. The third-order valence-corrected chi connectivity index (χ3v) is 6.90. The Hall–Kier alpha value is -1.60. The molecule has 1 aliphatic heterocycles. The van der Waals surface area contributed by atoms with Crippen LogP contribution in [0.4, 0.5) is 0 Å². The van der Waals surface area contributed by atoms with Crippen molar-refractivity contribution in [1.82, 2.24) is 9.62 Å². The second-order valence-corrected chi connectivity index (χ2v) is 9.33. The Morgan fingerprint density at radius 3 is 2.27 bits per heavy atom. The first-order valence-electron chi connectivity index (χ1n) is 9.20.